The number of nitrogens with zero attached hydrogens (tertiary/aromatic N) is 3. The average molecular weight is 466 g/mol. The van der Waals surface area contributed by atoms with Crippen LogP contribution in [0, 0.1) is 0 Å². The number of methoxy groups -OCH3 is 2. The number of benzene rings is 2. The molecule has 0 saturated heterocycles. The number of phenolic OH excluding ortho intramolecular Hbond substituents is 1. The first kappa shape index (κ1) is 21.8. The van der Waals surface area contributed by atoms with Crippen molar-refractivity contribution in [2.45, 2.75) is 55.0 Å². The second-order valence-corrected chi connectivity index (χ2v) is 9.72. The molecule has 0 bridgehead atoms. The molecule has 0 amide bonds. The van der Waals surface area contributed by atoms with Crippen molar-refractivity contribution in [3.05, 3.63) is 47.5 Å². The lowest BCUT2D eigenvalue weighted by Crippen LogP contribution is -2.17. The lowest BCUT2D eigenvalue weighted by atomic mass is 9.95. The van der Waals surface area contributed by atoms with Crippen molar-refractivity contribution in [1.29, 1.82) is 0 Å². The maximum Gasteiger partial charge on any atom is 0.192 e. The molecule has 0 radical (unpaired) electrons. The van der Waals surface area contributed by atoms with Crippen LogP contribution in [0.2, 0.25) is 0 Å². The van der Waals surface area contributed by atoms with Gasteiger partial charge in [-0.05, 0) is 61.2 Å². The maximum absolute atomic E-state index is 13.3. The molecule has 2 aliphatic carbocycles. The molecule has 3 aromatic rings. The van der Waals surface area contributed by atoms with Crippen LogP contribution in [0.5, 0.6) is 17.2 Å². The number of fused-ring (bicyclic) bond motifs is 1. The summed E-state index contributed by atoms with van der Waals surface area (Å²) >= 11 is 1.49. The van der Waals surface area contributed by atoms with Crippen molar-refractivity contribution in [1.82, 2.24) is 14.8 Å². The third-order valence-electron chi connectivity index (χ3n) is 6.55. The summed E-state index contributed by atoms with van der Waals surface area (Å²) in [6.45, 7) is 0. The molecule has 1 saturated carbocycles. The normalized spacial score (nSPS) is 18.4. The minimum atomic E-state index is -0.268. The van der Waals surface area contributed by atoms with E-state index >= 15 is 0 Å². The Hall–Kier alpha value is -3.00. The zero-order valence-electron chi connectivity index (χ0n) is 18.8. The van der Waals surface area contributed by atoms with E-state index in [-0.39, 0.29) is 16.8 Å². The molecule has 7 nitrogen and oxygen atoms in total. The molecule has 2 aliphatic rings. The van der Waals surface area contributed by atoms with Crippen LogP contribution in [0.25, 0.3) is 11.4 Å². The molecule has 172 valence electrons. The summed E-state index contributed by atoms with van der Waals surface area (Å²) < 4.78 is 13.0. The van der Waals surface area contributed by atoms with E-state index in [1.807, 2.05) is 18.2 Å². The van der Waals surface area contributed by atoms with Gasteiger partial charge in [0, 0.05) is 17.2 Å². The van der Waals surface area contributed by atoms with E-state index in [0.717, 1.165) is 34.9 Å². The first-order valence-electron chi connectivity index (χ1n) is 11.3. The van der Waals surface area contributed by atoms with Crippen LogP contribution in [-0.4, -0.2) is 45.1 Å². The number of Topliss-reactive ketones (excluding diaryl/α,β-unsaturated/α-hetero) is 1. The van der Waals surface area contributed by atoms with E-state index in [4.69, 9.17) is 9.47 Å². The molecular weight excluding hydrogens is 438 g/mol. The smallest absolute Gasteiger partial charge is 0.192 e. The highest BCUT2D eigenvalue weighted by atomic mass is 32.2. The molecular formula is C25H27N3O4S. The fraction of sp³-hybridized carbons (Fsp3) is 0.400. The Morgan fingerprint density at radius 2 is 1.70 bits per heavy atom. The van der Waals surface area contributed by atoms with Crippen molar-refractivity contribution in [2.24, 2.45) is 0 Å². The molecule has 2 aromatic carbocycles. The highest BCUT2D eigenvalue weighted by molar-refractivity contribution is 8.00. The number of carbonyl (C=O) groups is 1. The number of hydrogen-bond acceptors (Lipinski definition) is 7. The van der Waals surface area contributed by atoms with Gasteiger partial charge in [0.1, 0.15) is 5.75 Å². The Bertz CT molecular complexity index is 1170. The van der Waals surface area contributed by atoms with E-state index in [9.17, 15) is 9.90 Å². The second-order valence-electron chi connectivity index (χ2n) is 8.55. The van der Waals surface area contributed by atoms with Gasteiger partial charge >= 0.3 is 0 Å². The monoisotopic (exact) mass is 465 g/mol. The summed E-state index contributed by atoms with van der Waals surface area (Å²) in [5.41, 5.74) is 2.57. The number of rotatable bonds is 6. The number of aromatic nitrogens is 3. The molecule has 1 atom stereocenters. The van der Waals surface area contributed by atoms with Gasteiger partial charge in [-0.2, -0.15) is 0 Å². The van der Waals surface area contributed by atoms with Crippen LogP contribution in [0.3, 0.4) is 0 Å². The molecule has 1 aromatic heterocycles. The van der Waals surface area contributed by atoms with E-state index in [0.29, 0.717) is 29.5 Å². The lowest BCUT2D eigenvalue weighted by Gasteiger charge is -2.26. The third kappa shape index (κ3) is 4.08. The third-order valence-corrected chi connectivity index (χ3v) is 7.70. The summed E-state index contributed by atoms with van der Waals surface area (Å²) in [7, 11) is 3.18. The van der Waals surface area contributed by atoms with Crippen molar-refractivity contribution in [3.63, 3.8) is 0 Å². The van der Waals surface area contributed by atoms with Gasteiger partial charge < -0.3 is 14.6 Å². The molecule has 1 heterocycles. The molecule has 33 heavy (non-hydrogen) atoms. The van der Waals surface area contributed by atoms with Crippen LogP contribution < -0.4 is 9.47 Å². The summed E-state index contributed by atoms with van der Waals surface area (Å²) in [5.74, 6) is 2.29. The highest BCUT2D eigenvalue weighted by Gasteiger charge is 2.35. The van der Waals surface area contributed by atoms with E-state index in [2.05, 4.69) is 14.8 Å². The highest BCUT2D eigenvalue weighted by Crippen LogP contribution is 2.42. The molecule has 5 rings (SSSR count). The number of thioether (sulfide) groups is 1. The van der Waals surface area contributed by atoms with Crippen LogP contribution in [0.15, 0.2) is 41.6 Å². The van der Waals surface area contributed by atoms with Crippen LogP contribution in [0.1, 0.15) is 54.1 Å². The zero-order chi connectivity index (χ0) is 22.9. The lowest BCUT2D eigenvalue weighted by molar-refractivity contribution is 0.0999. The van der Waals surface area contributed by atoms with Crippen molar-refractivity contribution in [2.75, 3.05) is 14.2 Å². The quantitative estimate of drug-likeness (QED) is 0.544. The number of phenols is 1. The molecule has 0 aliphatic heterocycles. The van der Waals surface area contributed by atoms with E-state index in [1.54, 1.807) is 32.4 Å². The van der Waals surface area contributed by atoms with Gasteiger partial charge in [-0.25, -0.2) is 0 Å². The van der Waals surface area contributed by atoms with Gasteiger partial charge in [-0.15, -0.1) is 10.2 Å². The van der Waals surface area contributed by atoms with Gasteiger partial charge in [0.15, 0.2) is 28.3 Å². The number of carbonyl (C=O) groups excluding carboxylic acids is 1. The predicted molar refractivity (Wildman–Crippen MR) is 126 cm³/mol. The van der Waals surface area contributed by atoms with Crippen LogP contribution >= 0.6 is 11.8 Å². The molecule has 8 heteroatoms. The topological polar surface area (TPSA) is 86.5 Å². The SMILES string of the molecule is COc1cc2c(cc1OC)C(=O)[C@@H](Sc1nnc(-c3ccc(O)cc3)n1C1CCCCC1)C2. The summed E-state index contributed by atoms with van der Waals surface area (Å²) in [4.78, 5) is 13.3. The Kier molecular flexibility index (Phi) is 6.01. The Labute approximate surface area is 197 Å². The van der Waals surface area contributed by atoms with Crippen molar-refractivity contribution >= 4 is 17.5 Å². The number of aromatic hydroxyl groups is 1. The van der Waals surface area contributed by atoms with Gasteiger partial charge in [0.25, 0.3) is 0 Å². The van der Waals surface area contributed by atoms with E-state index < -0.39 is 0 Å². The standard InChI is InChI=1S/C25H27N3O4S/c1-31-20-12-16-13-22(23(30)19(16)14-21(20)32-2)33-25-27-26-24(15-8-10-18(29)11-9-15)28(25)17-6-4-3-5-7-17/h8-12,14,17,22,29H,3-7,13H2,1-2H3/t22-/m0/s1. The summed E-state index contributed by atoms with van der Waals surface area (Å²) in [6, 6.07) is 11.1. The van der Waals surface area contributed by atoms with Crippen LogP contribution in [0.4, 0.5) is 0 Å². The van der Waals surface area contributed by atoms with E-state index in [1.165, 1.54) is 31.0 Å². The van der Waals surface area contributed by atoms with Crippen molar-refractivity contribution < 1.29 is 19.4 Å². The molecule has 1 fully saturated rings. The molecule has 0 spiro atoms. The molecule has 1 N–H and O–H groups in total. The van der Waals surface area contributed by atoms with Crippen LogP contribution in [-0.2, 0) is 6.42 Å². The zero-order valence-corrected chi connectivity index (χ0v) is 19.6. The minimum Gasteiger partial charge on any atom is -0.508 e. The fourth-order valence-electron chi connectivity index (χ4n) is 4.84. The second kappa shape index (κ2) is 9.09. The summed E-state index contributed by atoms with van der Waals surface area (Å²) in [5, 5.41) is 19.3. The number of ketones is 1. The van der Waals surface area contributed by atoms with Gasteiger partial charge in [0.05, 0.1) is 19.5 Å². The fourth-order valence-corrected chi connectivity index (χ4v) is 6.03. The number of ether oxygens (including phenoxy) is 2. The number of hydrogen-bond donors (Lipinski definition) is 1. The summed E-state index contributed by atoms with van der Waals surface area (Å²) in [6.07, 6.45) is 6.36. The first-order valence-corrected chi connectivity index (χ1v) is 12.2. The molecule has 0 unspecified atom stereocenters. The Balaban J connectivity index is 1.48. The predicted octanol–water partition coefficient (Wildman–Crippen LogP) is 5.07. The van der Waals surface area contributed by atoms with Crippen molar-refractivity contribution in [3.8, 4) is 28.6 Å². The average Bonchev–Trinajstić information content (AvgIpc) is 3.40. The minimum absolute atomic E-state index is 0.0836. The van der Waals surface area contributed by atoms with Gasteiger partial charge in [-0.3, -0.25) is 9.36 Å². The maximum atomic E-state index is 13.3. The Morgan fingerprint density at radius 1 is 1.00 bits per heavy atom. The Morgan fingerprint density at radius 3 is 2.39 bits per heavy atom. The van der Waals surface area contributed by atoms with Gasteiger partial charge in [0.2, 0.25) is 0 Å². The largest absolute Gasteiger partial charge is 0.508 e. The van der Waals surface area contributed by atoms with Gasteiger partial charge in [-0.1, -0.05) is 31.0 Å². The first-order chi connectivity index (χ1) is 16.1.